The van der Waals surface area contributed by atoms with Crippen molar-refractivity contribution in [3.63, 3.8) is 0 Å². The number of unbranched alkanes of at least 4 members (excludes halogenated alkanes) is 6. The summed E-state index contributed by atoms with van der Waals surface area (Å²) in [5.41, 5.74) is 1.41. The van der Waals surface area contributed by atoms with Gasteiger partial charge in [0.15, 0.2) is 0 Å². The van der Waals surface area contributed by atoms with Crippen molar-refractivity contribution in [3.05, 3.63) is 29.8 Å². The van der Waals surface area contributed by atoms with Gasteiger partial charge in [-0.15, -0.1) is 0 Å². The van der Waals surface area contributed by atoms with Crippen molar-refractivity contribution in [3.8, 4) is 5.75 Å². The van der Waals surface area contributed by atoms with Crippen LogP contribution in [0.4, 0.5) is 0 Å². The maximum absolute atomic E-state index is 5.68. The largest absolute Gasteiger partial charge is 0.491 e. The van der Waals surface area contributed by atoms with Crippen molar-refractivity contribution in [2.45, 2.75) is 65.2 Å². The maximum atomic E-state index is 5.68. The van der Waals surface area contributed by atoms with Gasteiger partial charge < -0.3 is 14.2 Å². The van der Waals surface area contributed by atoms with Crippen molar-refractivity contribution >= 4 is 0 Å². The third-order valence-electron chi connectivity index (χ3n) is 4.06. The average molecular weight is 337 g/mol. The summed E-state index contributed by atoms with van der Waals surface area (Å²) in [7, 11) is 0. The molecule has 0 unspecified atom stereocenters. The minimum absolute atomic E-state index is 0.587. The molecule has 3 heteroatoms. The Morgan fingerprint density at radius 2 is 1.29 bits per heavy atom. The van der Waals surface area contributed by atoms with E-state index in [1.165, 1.54) is 56.9 Å². The lowest BCUT2D eigenvalue weighted by Gasteiger charge is -2.08. The predicted molar refractivity (Wildman–Crippen MR) is 101 cm³/mol. The van der Waals surface area contributed by atoms with Crippen LogP contribution in [-0.4, -0.2) is 33.0 Å². The van der Waals surface area contributed by atoms with E-state index < -0.39 is 0 Å². The highest BCUT2D eigenvalue weighted by molar-refractivity contribution is 5.27. The van der Waals surface area contributed by atoms with E-state index in [1.54, 1.807) is 0 Å². The molecular formula is C21H36O3. The van der Waals surface area contributed by atoms with E-state index in [9.17, 15) is 0 Å². The molecule has 0 fully saturated rings. The SMILES string of the molecule is CCCCCCCCCc1ccc(OCCOCCOCC)cc1. The summed E-state index contributed by atoms with van der Waals surface area (Å²) in [4.78, 5) is 0. The van der Waals surface area contributed by atoms with E-state index >= 15 is 0 Å². The zero-order valence-corrected chi connectivity index (χ0v) is 15.7. The zero-order chi connectivity index (χ0) is 17.3. The van der Waals surface area contributed by atoms with Crippen LogP contribution >= 0.6 is 0 Å². The fourth-order valence-electron chi connectivity index (χ4n) is 2.62. The molecule has 0 aliphatic rings. The zero-order valence-electron chi connectivity index (χ0n) is 15.7. The highest BCUT2D eigenvalue weighted by Crippen LogP contribution is 2.15. The normalized spacial score (nSPS) is 10.9. The molecule has 0 aliphatic carbocycles. The number of ether oxygens (including phenoxy) is 3. The van der Waals surface area contributed by atoms with Crippen LogP contribution in [0.1, 0.15) is 64.4 Å². The summed E-state index contributed by atoms with van der Waals surface area (Å²) in [6.45, 7) is 7.48. The molecule has 1 aromatic rings. The van der Waals surface area contributed by atoms with Crippen LogP contribution in [0.5, 0.6) is 5.75 Å². The van der Waals surface area contributed by atoms with E-state index in [4.69, 9.17) is 14.2 Å². The van der Waals surface area contributed by atoms with Gasteiger partial charge in [0.1, 0.15) is 12.4 Å². The first-order chi connectivity index (χ1) is 11.9. The number of benzene rings is 1. The minimum atomic E-state index is 0.587. The van der Waals surface area contributed by atoms with Gasteiger partial charge in [0.05, 0.1) is 19.8 Å². The molecule has 0 spiro atoms. The third-order valence-corrected chi connectivity index (χ3v) is 4.06. The maximum Gasteiger partial charge on any atom is 0.119 e. The lowest BCUT2D eigenvalue weighted by Crippen LogP contribution is -2.10. The second-order valence-corrected chi connectivity index (χ2v) is 6.17. The molecule has 0 heterocycles. The van der Waals surface area contributed by atoms with Crippen molar-refractivity contribution in [1.82, 2.24) is 0 Å². The second-order valence-electron chi connectivity index (χ2n) is 6.17. The Labute approximate surface area is 148 Å². The molecular weight excluding hydrogens is 300 g/mol. The quantitative estimate of drug-likeness (QED) is 0.378. The molecule has 1 aromatic carbocycles. The van der Waals surface area contributed by atoms with Crippen molar-refractivity contribution < 1.29 is 14.2 Å². The highest BCUT2D eigenvalue weighted by atomic mass is 16.5. The van der Waals surface area contributed by atoms with Gasteiger partial charge in [-0.3, -0.25) is 0 Å². The van der Waals surface area contributed by atoms with Gasteiger partial charge in [-0.05, 0) is 37.5 Å². The fraction of sp³-hybridized carbons (Fsp3) is 0.714. The fourth-order valence-corrected chi connectivity index (χ4v) is 2.62. The Bertz CT molecular complexity index is 338. The molecule has 0 bridgehead atoms. The van der Waals surface area contributed by atoms with Crippen LogP contribution in [0.15, 0.2) is 24.3 Å². The number of aryl methyl sites for hydroxylation is 1. The van der Waals surface area contributed by atoms with Crippen molar-refractivity contribution in [2.24, 2.45) is 0 Å². The number of hydrogen-bond donors (Lipinski definition) is 0. The van der Waals surface area contributed by atoms with Gasteiger partial charge in [-0.1, -0.05) is 57.6 Å². The van der Waals surface area contributed by atoms with E-state index in [-0.39, 0.29) is 0 Å². The molecule has 1 rings (SSSR count). The molecule has 0 amide bonds. The summed E-state index contributed by atoms with van der Waals surface area (Å²) in [5.74, 6) is 0.923. The van der Waals surface area contributed by atoms with Crippen molar-refractivity contribution in [1.29, 1.82) is 0 Å². The van der Waals surface area contributed by atoms with Crippen LogP contribution in [0.2, 0.25) is 0 Å². The predicted octanol–water partition coefficient (Wildman–Crippen LogP) is 5.41. The molecule has 0 saturated carbocycles. The van der Waals surface area contributed by atoms with Gasteiger partial charge in [0, 0.05) is 6.61 Å². The first-order valence-corrected chi connectivity index (χ1v) is 9.74. The summed E-state index contributed by atoms with van der Waals surface area (Å²) in [5, 5.41) is 0. The summed E-state index contributed by atoms with van der Waals surface area (Å²) < 4.78 is 16.3. The van der Waals surface area contributed by atoms with Crippen LogP contribution < -0.4 is 4.74 Å². The Kier molecular flexibility index (Phi) is 13.5. The third kappa shape index (κ3) is 11.5. The Morgan fingerprint density at radius 1 is 0.667 bits per heavy atom. The van der Waals surface area contributed by atoms with Crippen LogP contribution in [0.25, 0.3) is 0 Å². The molecule has 0 atom stereocenters. The molecule has 0 radical (unpaired) electrons. The summed E-state index contributed by atoms with van der Waals surface area (Å²) in [6.07, 6.45) is 10.7. The molecule has 0 aromatic heterocycles. The Balaban J connectivity index is 2.02. The Morgan fingerprint density at radius 3 is 2.00 bits per heavy atom. The first kappa shape index (κ1) is 21.0. The standard InChI is InChI=1S/C21H36O3/c1-3-5-6-7-8-9-10-11-20-12-14-21(15-13-20)24-19-18-23-17-16-22-4-2/h12-15H,3-11,16-19H2,1-2H3. The van der Waals surface area contributed by atoms with Gasteiger partial charge >= 0.3 is 0 Å². The van der Waals surface area contributed by atoms with Crippen molar-refractivity contribution in [2.75, 3.05) is 33.0 Å². The molecule has 0 saturated heterocycles. The Hall–Kier alpha value is -1.06. The monoisotopic (exact) mass is 336 g/mol. The first-order valence-electron chi connectivity index (χ1n) is 9.74. The van der Waals surface area contributed by atoms with Crippen LogP contribution in [0, 0.1) is 0 Å². The minimum Gasteiger partial charge on any atom is -0.491 e. The molecule has 0 N–H and O–H groups in total. The van der Waals surface area contributed by atoms with E-state index in [2.05, 4.69) is 31.2 Å². The molecule has 0 aliphatic heterocycles. The van der Waals surface area contributed by atoms with Crippen LogP contribution in [0.3, 0.4) is 0 Å². The van der Waals surface area contributed by atoms with Gasteiger partial charge in [0.2, 0.25) is 0 Å². The second kappa shape index (κ2) is 15.5. The van der Waals surface area contributed by atoms with Gasteiger partial charge in [-0.2, -0.15) is 0 Å². The lowest BCUT2D eigenvalue weighted by atomic mass is 10.0. The summed E-state index contributed by atoms with van der Waals surface area (Å²) >= 11 is 0. The highest BCUT2D eigenvalue weighted by Gasteiger charge is 1.97. The molecule has 3 nitrogen and oxygen atoms in total. The topological polar surface area (TPSA) is 27.7 Å². The summed E-state index contributed by atoms with van der Waals surface area (Å²) in [6, 6.07) is 8.50. The van der Waals surface area contributed by atoms with E-state index in [1.807, 2.05) is 6.92 Å². The number of hydrogen-bond acceptors (Lipinski definition) is 3. The molecule has 24 heavy (non-hydrogen) atoms. The van der Waals surface area contributed by atoms with Gasteiger partial charge in [-0.25, -0.2) is 0 Å². The van der Waals surface area contributed by atoms with E-state index in [0.717, 1.165) is 12.4 Å². The van der Waals surface area contributed by atoms with Crippen LogP contribution in [-0.2, 0) is 15.9 Å². The molecule has 138 valence electrons. The lowest BCUT2D eigenvalue weighted by molar-refractivity contribution is 0.0405. The number of rotatable bonds is 16. The smallest absolute Gasteiger partial charge is 0.119 e. The average Bonchev–Trinajstić information content (AvgIpc) is 2.61. The van der Waals surface area contributed by atoms with Gasteiger partial charge in [0.25, 0.3) is 0 Å². The van der Waals surface area contributed by atoms with E-state index in [0.29, 0.717) is 26.4 Å².